The molecule has 1 aromatic carbocycles. The number of aromatic amines is 1. The standard InChI is InChI=1S/C14H17NO4/c1-5-10(16)9-6-8-7-11(17-2)13(18-3)14(19-4)12(8)15-9/h6-7,15H,5H2,1-4H3. The highest BCUT2D eigenvalue weighted by Gasteiger charge is 2.19. The molecular weight excluding hydrogens is 246 g/mol. The summed E-state index contributed by atoms with van der Waals surface area (Å²) in [5.74, 6) is 1.67. The van der Waals surface area contributed by atoms with E-state index < -0.39 is 0 Å². The number of methoxy groups -OCH3 is 3. The molecule has 0 bridgehead atoms. The molecule has 0 radical (unpaired) electrons. The maximum atomic E-state index is 11.8. The van der Waals surface area contributed by atoms with E-state index in [-0.39, 0.29) is 5.78 Å². The first-order valence-electron chi connectivity index (χ1n) is 6.01. The summed E-state index contributed by atoms with van der Waals surface area (Å²) in [6.45, 7) is 1.83. The number of H-pyrrole nitrogens is 1. The third kappa shape index (κ3) is 2.12. The molecule has 102 valence electrons. The lowest BCUT2D eigenvalue weighted by Crippen LogP contribution is -1.97. The molecule has 0 aliphatic rings. The number of benzene rings is 1. The van der Waals surface area contributed by atoms with Gasteiger partial charge in [0.25, 0.3) is 0 Å². The Hall–Kier alpha value is -2.17. The molecule has 0 spiro atoms. The van der Waals surface area contributed by atoms with Crippen LogP contribution in [0.4, 0.5) is 0 Å². The normalized spacial score (nSPS) is 10.5. The van der Waals surface area contributed by atoms with Crippen LogP contribution in [0.25, 0.3) is 10.9 Å². The summed E-state index contributed by atoms with van der Waals surface area (Å²) in [6.07, 6.45) is 0.448. The van der Waals surface area contributed by atoms with Crippen molar-refractivity contribution >= 4 is 16.7 Å². The smallest absolute Gasteiger partial charge is 0.205 e. The number of hydrogen-bond donors (Lipinski definition) is 1. The summed E-state index contributed by atoms with van der Waals surface area (Å²) in [5.41, 5.74) is 1.29. The zero-order valence-electron chi connectivity index (χ0n) is 11.5. The molecule has 1 N–H and O–H groups in total. The molecule has 1 aromatic heterocycles. The second kappa shape index (κ2) is 5.22. The van der Waals surface area contributed by atoms with Gasteiger partial charge in [-0.05, 0) is 12.1 Å². The molecule has 1 heterocycles. The molecule has 0 saturated heterocycles. The zero-order valence-corrected chi connectivity index (χ0v) is 11.5. The topological polar surface area (TPSA) is 60.6 Å². The Morgan fingerprint density at radius 3 is 2.32 bits per heavy atom. The van der Waals surface area contributed by atoms with Crippen molar-refractivity contribution in [3.05, 3.63) is 17.8 Å². The van der Waals surface area contributed by atoms with Crippen molar-refractivity contribution in [1.29, 1.82) is 0 Å². The lowest BCUT2D eigenvalue weighted by atomic mass is 10.2. The van der Waals surface area contributed by atoms with E-state index in [4.69, 9.17) is 14.2 Å². The van der Waals surface area contributed by atoms with Crippen LogP contribution in [0.2, 0.25) is 0 Å². The van der Waals surface area contributed by atoms with Crippen LogP contribution in [0, 0.1) is 0 Å². The maximum Gasteiger partial charge on any atom is 0.205 e. The molecule has 0 aliphatic carbocycles. The van der Waals surface area contributed by atoms with Gasteiger partial charge in [-0.1, -0.05) is 6.92 Å². The highest BCUT2D eigenvalue weighted by atomic mass is 16.5. The fourth-order valence-corrected chi connectivity index (χ4v) is 2.08. The molecule has 19 heavy (non-hydrogen) atoms. The molecule has 5 heteroatoms. The van der Waals surface area contributed by atoms with Gasteiger partial charge < -0.3 is 19.2 Å². The van der Waals surface area contributed by atoms with Gasteiger partial charge in [-0.2, -0.15) is 0 Å². The van der Waals surface area contributed by atoms with Crippen LogP contribution in [0.5, 0.6) is 17.2 Å². The lowest BCUT2D eigenvalue weighted by Gasteiger charge is -2.12. The minimum Gasteiger partial charge on any atom is -0.493 e. The van der Waals surface area contributed by atoms with Crippen LogP contribution in [0.3, 0.4) is 0 Å². The van der Waals surface area contributed by atoms with Gasteiger partial charge >= 0.3 is 0 Å². The number of fused-ring (bicyclic) bond motifs is 1. The van der Waals surface area contributed by atoms with Crippen molar-refractivity contribution in [2.45, 2.75) is 13.3 Å². The SMILES string of the molecule is CCC(=O)c1cc2cc(OC)c(OC)c(OC)c2[nH]1. The summed E-state index contributed by atoms with van der Waals surface area (Å²) >= 11 is 0. The molecule has 0 aliphatic heterocycles. The Labute approximate surface area is 111 Å². The van der Waals surface area contributed by atoms with E-state index in [9.17, 15) is 4.79 Å². The summed E-state index contributed by atoms with van der Waals surface area (Å²) in [4.78, 5) is 14.8. The van der Waals surface area contributed by atoms with E-state index in [2.05, 4.69) is 4.98 Å². The Bertz CT molecular complexity index is 615. The van der Waals surface area contributed by atoms with Crippen LogP contribution in [0.1, 0.15) is 23.8 Å². The van der Waals surface area contributed by atoms with Crippen LogP contribution in [-0.2, 0) is 0 Å². The first kappa shape index (κ1) is 13.3. The number of nitrogens with one attached hydrogen (secondary N) is 1. The zero-order chi connectivity index (χ0) is 14.0. The van der Waals surface area contributed by atoms with Crippen LogP contribution in [0.15, 0.2) is 12.1 Å². The fourth-order valence-electron chi connectivity index (χ4n) is 2.08. The first-order chi connectivity index (χ1) is 9.15. The third-order valence-corrected chi connectivity index (χ3v) is 3.04. The summed E-state index contributed by atoms with van der Waals surface area (Å²) in [5, 5.41) is 0.853. The number of ketones is 1. The third-order valence-electron chi connectivity index (χ3n) is 3.04. The van der Waals surface area contributed by atoms with E-state index in [1.165, 1.54) is 0 Å². The molecule has 2 rings (SSSR count). The second-order valence-corrected chi connectivity index (χ2v) is 4.07. The van der Waals surface area contributed by atoms with E-state index in [0.717, 1.165) is 10.9 Å². The lowest BCUT2D eigenvalue weighted by molar-refractivity contribution is 0.0984. The van der Waals surface area contributed by atoms with E-state index in [1.807, 2.05) is 13.0 Å². The summed E-state index contributed by atoms with van der Waals surface area (Å²) in [6, 6.07) is 3.62. The van der Waals surface area contributed by atoms with Gasteiger partial charge in [0.2, 0.25) is 5.75 Å². The van der Waals surface area contributed by atoms with Crippen LogP contribution >= 0.6 is 0 Å². The van der Waals surface area contributed by atoms with Gasteiger partial charge in [0.15, 0.2) is 17.3 Å². The average molecular weight is 263 g/mol. The Morgan fingerprint density at radius 1 is 1.11 bits per heavy atom. The molecule has 0 fully saturated rings. The predicted octanol–water partition coefficient (Wildman–Crippen LogP) is 2.79. The van der Waals surface area contributed by atoms with Crippen molar-refractivity contribution in [2.75, 3.05) is 21.3 Å². The minimum absolute atomic E-state index is 0.0520. The second-order valence-electron chi connectivity index (χ2n) is 4.07. The van der Waals surface area contributed by atoms with E-state index in [0.29, 0.717) is 29.4 Å². The Kier molecular flexibility index (Phi) is 3.64. The maximum absolute atomic E-state index is 11.8. The highest BCUT2D eigenvalue weighted by molar-refractivity contribution is 6.01. The Morgan fingerprint density at radius 2 is 1.79 bits per heavy atom. The molecule has 2 aromatic rings. The van der Waals surface area contributed by atoms with Gasteiger partial charge in [0.05, 0.1) is 32.5 Å². The summed E-state index contributed by atoms with van der Waals surface area (Å²) in [7, 11) is 4.67. The predicted molar refractivity (Wildman–Crippen MR) is 72.6 cm³/mol. The highest BCUT2D eigenvalue weighted by Crippen LogP contribution is 2.43. The fraction of sp³-hybridized carbons (Fsp3) is 0.357. The van der Waals surface area contributed by atoms with Crippen molar-refractivity contribution < 1.29 is 19.0 Å². The number of carbonyl (C=O) groups is 1. The van der Waals surface area contributed by atoms with Gasteiger partial charge in [-0.15, -0.1) is 0 Å². The minimum atomic E-state index is 0.0520. The van der Waals surface area contributed by atoms with Gasteiger partial charge in [-0.3, -0.25) is 4.79 Å². The molecule has 0 amide bonds. The molecule has 0 saturated carbocycles. The number of ether oxygens (including phenoxy) is 3. The van der Waals surface area contributed by atoms with E-state index >= 15 is 0 Å². The molecular formula is C14H17NO4. The van der Waals surface area contributed by atoms with Gasteiger partial charge in [0.1, 0.15) is 0 Å². The first-order valence-corrected chi connectivity index (χ1v) is 6.01. The quantitative estimate of drug-likeness (QED) is 0.843. The van der Waals surface area contributed by atoms with Crippen molar-refractivity contribution in [3.8, 4) is 17.2 Å². The molecule has 5 nitrogen and oxygen atoms in total. The van der Waals surface area contributed by atoms with Gasteiger partial charge in [-0.25, -0.2) is 0 Å². The largest absolute Gasteiger partial charge is 0.493 e. The number of carbonyl (C=O) groups excluding carboxylic acids is 1. The Balaban J connectivity index is 2.73. The summed E-state index contributed by atoms with van der Waals surface area (Å²) < 4.78 is 16.0. The van der Waals surface area contributed by atoms with Crippen molar-refractivity contribution in [1.82, 2.24) is 4.98 Å². The van der Waals surface area contributed by atoms with Crippen molar-refractivity contribution in [3.63, 3.8) is 0 Å². The van der Waals surface area contributed by atoms with Crippen LogP contribution in [-0.4, -0.2) is 32.1 Å². The average Bonchev–Trinajstić information content (AvgIpc) is 2.87. The van der Waals surface area contributed by atoms with Crippen LogP contribution < -0.4 is 14.2 Å². The van der Waals surface area contributed by atoms with E-state index in [1.54, 1.807) is 27.4 Å². The number of Topliss-reactive ketones (excluding diaryl/α,β-unsaturated/α-hetero) is 1. The number of rotatable bonds is 5. The molecule has 0 atom stereocenters. The monoisotopic (exact) mass is 263 g/mol. The van der Waals surface area contributed by atoms with Crippen molar-refractivity contribution in [2.24, 2.45) is 0 Å². The molecule has 0 unspecified atom stereocenters. The van der Waals surface area contributed by atoms with Gasteiger partial charge in [0, 0.05) is 11.8 Å². The number of hydrogen-bond acceptors (Lipinski definition) is 4. The number of aromatic nitrogens is 1.